The molecule has 26 heavy (non-hydrogen) atoms. The molecule has 0 amide bonds. The van der Waals surface area contributed by atoms with Gasteiger partial charge in [0.15, 0.2) is 5.96 Å². The molecule has 3 rings (SSSR count). The number of likely N-dealkylation sites (tertiary alicyclic amines) is 1. The Balaban J connectivity index is 1.54. The molecule has 0 radical (unpaired) electrons. The number of hydrogen-bond donors (Lipinski definition) is 1. The molecule has 0 bridgehead atoms. The van der Waals surface area contributed by atoms with Crippen molar-refractivity contribution in [2.24, 2.45) is 10.9 Å². The lowest BCUT2D eigenvalue weighted by molar-refractivity contribution is -0.00522. The minimum atomic E-state index is 0.164. The normalized spacial score (nSPS) is 23.5. The zero-order valence-electron chi connectivity index (χ0n) is 16.6. The lowest BCUT2D eigenvalue weighted by Crippen LogP contribution is -2.57. The lowest BCUT2D eigenvalue weighted by atomic mass is 9.88. The first-order chi connectivity index (χ1) is 12.6. The molecular weight excluding hydrogens is 324 g/mol. The summed E-state index contributed by atoms with van der Waals surface area (Å²) in [5.74, 6) is 1.76. The highest BCUT2D eigenvalue weighted by atomic mass is 16.5. The molecule has 5 heteroatoms. The number of guanidine groups is 1. The van der Waals surface area contributed by atoms with Gasteiger partial charge >= 0.3 is 0 Å². The molecule has 2 fully saturated rings. The van der Waals surface area contributed by atoms with Crippen LogP contribution in [0.5, 0.6) is 0 Å². The van der Waals surface area contributed by atoms with Crippen LogP contribution in [0.4, 0.5) is 0 Å². The minimum absolute atomic E-state index is 0.164. The fraction of sp³-hybridized carbons (Fsp3) is 0.667. The molecule has 144 valence electrons. The fourth-order valence-corrected chi connectivity index (χ4v) is 4.25. The standard InChI is InChI=1S/C21H34N4O/c1-22-20(23-17-21(24(2)3)10-13-26-14-11-21)25-12-9-19(16-25)15-18-7-5-4-6-8-18/h4-8,19H,9-17H2,1-3H3,(H,22,23). The zero-order chi connectivity index (χ0) is 18.4. The minimum Gasteiger partial charge on any atom is -0.381 e. The highest BCUT2D eigenvalue weighted by Gasteiger charge is 2.35. The average molecular weight is 359 g/mol. The predicted molar refractivity (Wildman–Crippen MR) is 108 cm³/mol. The summed E-state index contributed by atoms with van der Waals surface area (Å²) < 4.78 is 5.58. The summed E-state index contributed by atoms with van der Waals surface area (Å²) in [5.41, 5.74) is 1.60. The van der Waals surface area contributed by atoms with Gasteiger partial charge in [-0.1, -0.05) is 30.3 Å². The first-order valence-corrected chi connectivity index (χ1v) is 9.88. The highest BCUT2D eigenvalue weighted by Crippen LogP contribution is 2.26. The highest BCUT2D eigenvalue weighted by molar-refractivity contribution is 5.80. The van der Waals surface area contributed by atoms with Gasteiger partial charge in [0, 0.05) is 45.4 Å². The Hall–Kier alpha value is -1.59. The van der Waals surface area contributed by atoms with Crippen molar-refractivity contribution in [2.75, 3.05) is 54.0 Å². The monoisotopic (exact) mass is 358 g/mol. The van der Waals surface area contributed by atoms with Crippen LogP contribution in [0.2, 0.25) is 0 Å². The molecule has 2 aliphatic heterocycles. The first kappa shape index (κ1) is 19.2. The van der Waals surface area contributed by atoms with E-state index in [0.717, 1.165) is 58.1 Å². The number of likely N-dealkylation sites (N-methyl/N-ethyl adjacent to an activating group) is 1. The van der Waals surface area contributed by atoms with E-state index in [4.69, 9.17) is 4.74 Å². The molecular formula is C21H34N4O. The quantitative estimate of drug-likeness (QED) is 0.647. The van der Waals surface area contributed by atoms with Crippen molar-refractivity contribution in [1.29, 1.82) is 0 Å². The van der Waals surface area contributed by atoms with Crippen LogP contribution >= 0.6 is 0 Å². The predicted octanol–water partition coefficient (Wildman–Crippen LogP) is 2.24. The van der Waals surface area contributed by atoms with Gasteiger partial charge in [-0.25, -0.2) is 0 Å². The number of benzene rings is 1. The van der Waals surface area contributed by atoms with Crippen molar-refractivity contribution in [1.82, 2.24) is 15.1 Å². The Kier molecular flexibility index (Phi) is 6.54. The zero-order valence-corrected chi connectivity index (χ0v) is 16.6. The molecule has 1 aromatic rings. The van der Waals surface area contributed by atoms with Crippen LogP contribution in [0, 0.1) is 5.92 Å². The molecule has 2 heterocycles. The largest absolute Gasteiger partial charge is 0.381 e. The van der Waals surface area contributed by atoms with E-state index < -0.39 is 0 Å². The summed E-state index contributed by atoms with van der Waals surface area (Å²) in [6, 6.07) is 10.8. The van der Waals surface area contributed by atoms with Crippen LogP contribution in [0.25, 0.3) is 0 Å². The van der Waals surface area contributed by atoms with Crippen molar-refractivity contribution < 1.29 is 4.74 Å². The average Bonchev–Trinajstić information content (AvgIpc) is 3.12. The van der Waals surface area contributed by atoms with Gasteiger partial charge in [0.05, 0.1) is 0 Å². The lowest BCUT2D eigenvalue weighted by Gasteiger charge is -2.43. The van der Waals surface area contributed by atoms with E-state index in [1.165, 1.54) is 12.0 Å². The van der Waals surface area contributed by atoms with Gasteiger partial charge in [0.2, 0.25) is 0 Å². The van der Waals surface area contributed by atoms with Crippen molar-refractivity contribution in [2.45, 2.75) is 31.2 Å². The summed E-state index contributed by atoms with van der Waals surface area (Å²) in [5, 5.41) is 3.67. The third kappa shape index (κ3) is 4.57. The Morgan fingerprint density at radius 1 is 1.27 bits per heavy atom. The number of rotatable bonds is 5. The first-order valence-electron chi connectivity index (χ1n) is 9.88. The van der Waals surface area contributed by atoms with E-state index in [0.29, 0.717) is 5.92 Å². The van der Waals surface area contributed by atoms with E-state index in [2.05, 4.69) is 64.5 Å². The second-order valence-corrected chi connectivity index (χ2v) is 7.92. The van der Waals surface area contributed by atoms with Crippen LogP contribution in [0.3, 0.4) is 0 Å². The van der Waals surface area contributed by atoms with Crippen LogP contribution in [-0.4, -0.2) is 75.3 Å². The van der Waals surface area contributed by atoms with E-state index in [1.807, 2.05) is 7.05 Å². The molecule has 2 aliphatic rings. The second-order valence-electron chi connectivity index (χ2n) is 7.92. The molecule has 2 saturated heterocycles. The third-order valence-corrected chi connectivity index (χ3v) is 6.11. The number of nitrogens with zero attached hydrogens (tertiary/aromatic N) is 3. The fourth-order valence-electron chi connectivity index (χ4n) is 4.25. The molecule has 1 N–H and O–H groups in total. The van der Waals surface area contributed by atoms with Gasteiger partial charge in [0.1, 0.15) is 0 Å². The Morgan fingerprint density at radius 3 is 2.65 bits per heavy atom. The van der Waals surface area contributed by atoms with E-state index in [1.54, 1.807) is 0 Å². The Morgan fingerprint density at radius 2 is 2.00 bits per heavy atom. The number of ether oxygens (including phenoxy) is 1. The Labute approximate surface area is 158 Å². The van der Waals surface area contributed by atoms with Crippen LogP contribution in [-0.2, 0) is 11.2 Å². The van der Waals surface area contributed by atoms with Crippen molar-refractivity contribution in [3.63, 3.8) is 0 Å². The van der Waals surface area contributed by atoms with Gasteiger partial charge in [-0.2, -0.15) is 0 Å². The van der Waals surface area contributed by atoms with Crippen LogP contribution in [0.1, 0.15) is 24.8 Å². The van der Waals surface area contributed by atoms with Crippen molar-refractivity contribution >= 4 is 5.96 Å². The number of aliphatic imine (C=N–C) groups is 1. The maximum Gasteiger partial charge on any atom is 0.193 e. The smallest absolute Gasteiger partial charge is 0.193 e. The van der Waals surface area contributed by atoms with Crippen LogP contribution < -0.4 is 5.32 Å². The molecule has 0 aliphatic carbocycles. The van der Waals surface area contributed by atoms with Crippen molar-refractivity contribution in [3.8, 4) is 0 Å². The summed E-state index contributed by atoms with van der Waals surface area (Å²) in [4.78, 5) is 9.35. The van der Waals surface area contributed by atoms with E-state index in [9.17, 15) is 0 Å². The summed E-state index contributed by atoms with van der Waals surface area (Å²) in [6.07, 6.45) is 4.54. The topological polar surface area (TPSA) is 40.1 Å². The van der Waals surface area contributed by atoms with Gasteiger partial charge < -0.3 is 19.9 Å². The molecule has 0 aromatic heterocycles. The molecule has 1 unspecified atom stereocenters. The number of nitrogens with one attached hydrogen (secondary N) is 1. The maximum atomic E-state index is 5.58. The summed E-state index contributed by atoms with van der Waals surface area (Å²) >= 11 is 0. The molecule has 1 aromatic carbocycles. The summed E-state index contributed by atoms with van der Waals surface area (Å²) in [6.45, 7) is 4.81. The van der Waals surface area contributed by atoms with Gasteiger partial charge in [-0.15, -0.1) is 0 Å². The van der Waals surface area contributed by atoms with E-state index >= 15 is 0 Å². The molecule has 0 saturated carbocycles. The molecule has 0 spiro atoms. The van der Waals surface area contributed by atoms with Crippen LogP contribution in [0.15, 0.2) is 35.3 Å². The maximum absolute atomic E-state index is 5.58. The van der Waals surface area contributed by atoms with Gasteiger partial charge in [-0.3, -0.25) is 4.99 Å². The Bertz CT molecular complexity index is 581. The molecule has 1 atom stereocenters. The SMILES string of the molecule is CN=C(NCC1(N(C)C)CCOCC1)N1CCC(Cc2ccccc2)C1. The van der Waals surface area contributed by atoms with Gasteiger partial charge in [0.25, 0.3) is 0 Å². The number of hydrogen-bond acceptors (Lipinski definition) is 3. The van der Waals surface area contributed by atoms with E-state index in [-0.39, 0.29) is 5.54 Å². The van der Waals surface area contributed by atoms with Crippen molar-refractivity contribution in [3.05, 3.63) is 35.9 Å². The summed E-state index contributed by atoms with van der Waals surface area (Å²) in [7, 11) is 6.27. The molecule has 5 nitrogen and oxygen atoms in total. The van der Waals surface area contributed by atoms with Gasteiger partial charge in [-0.05, 0) is 51.3 Å². The third-order valence-electron chi connectivity index (χ3n) is 6.11. The second kappa shape index (κ2) is 8.87.